The number of carbonyl (C=O) groups is 1. The van der Waals surface area contributed by atoms with Crippen LogP contribution in [-0.2, 0) is 7.05 Å². The predicted molar refractivity (Wildman–Crippen MR) is 67.3 cm³/mol. The zero-order valence-electron chi connectivity index (χ0n) is 9.71. The van der Waals surface area contributed by atoms with E-state index >= 15 is 0 Å². The van der Waals surface area contributed by atoms with Crippen LogP contribution in [0.15, 0.2) is 36.7 Å². The smallest absolute Gasteiger partial charge is 0.277 e. The average Bonchev–Trinajstić information content (AvgIpc) is 2.96. The molecule has 0 saturated heterocycles. The summed E-state index contributed by atoms with van der Waals surface area (Å²) in [7, 11) is 1.72. The third-order valence-corrected chi connectivity index (χ3v) is 2.65. The Hall–Kier alpha value is -2.63. The maximum Gasteiger partial charge on any atom is 0.277 e. The molecular formula is C12H11N5O. The molecule has 0 saturated carbocycles. The van der Waals surface area contributed by atoms with Crippen molar-refractivity contribution in [1.82, 2.24) is 20.0 Å². The SMILES string of the molecule is Cn1cc(C(=O)Nc2ccc3[nH]ccc3c2)nn1. The molecule has 1 aromatic carbocycles. The van der Waals surface area contributed by atoms with E-state index in [4.69, 9.17) is 0 Å². The number of aromatic nitrogens is 4. The number of fused-ring (bicyclic) bond motifs is 1. The van der Waals surface area contributed by atoms with Crippen LogP contribution in [0.3, 0.4) is 0 Å². The number of hydrogen-bond acceptors (Lipinski definition) is 3. The molecule has 2 aromatic heterocycles. The molecular weight excluding hydrogens is 230 g/mol. The Labute approximate surface area is 103 Å². The van der Waals surface area contributed by atoms with Crippen LogP contribution >= 0.6 is 0 Å². The molecule has 0 atom stereocenters. The largest absolute Gasteiger partial charge is 0.361 e. The van der Waals surface area contributed by atoms with Crippen molar-refractivity contribution in [3.63, 3.8) is 0 Å². The summed E-state index contributed by atoms with van der Waals surface area (Å²) in [6.07, 6.45) is 3.43. The van der Waals surface area contributed by atoms with Crippen molar-refractivity contribution >= 4 is 22.5 Å². The Kier molecular flexibility index (Phi) is 2.33. The summed E-state index contributed by atoms with van der Waals surface area (Å²) in [6.45, 7) is 0. The Bertz CT molecular complexity index is 712. The maximum atomic E-state index is 11.9. The van der Waals surface area contributed by atoms with Gasteiger partial charge in [-0.15, -0.1) is 5.10 Å². The number of carbonyl (C=O) groups excluding carboxylic acids is 1. The quantitative estimate of drug-likeness (QED) is 0.714. The topological polar surface area (TPSA) is 75.6 Å². The fourth-order valence-electron chi connectivity index (χ4n) is 1.78. The van der Waals surface area contributed by atoms with Crippen LogP contribution in [0.4, 0.5) is 5.69 Å². The first kappa shape index (κ1) is 10.5. The summed E-state index contributed by atoms with van der Waals surface area (Å²) >= 11 is 0. The first-order valence-corrected chi connectivity index (χ1v) is 5.47. The van der Waals surface area contributed by atoms with E-state index in [1.807, 2.05) is 30.5 Å². The molecule has 0 aliphatic rings. The van der Waals surface area contributed by atoms with Gasteiger partial charge in [0.05, 0.1) is 6.20 Å². The summed E-state index contributed by atoms with van der Waals surface area (Å²) in [5, 5.41) is 11.3. The monoisotopic (exact) mass is 241 g/mol. The van der Waals surface area contributed by atoms with Crippen molar-refractivity contribution in [3.8, 4) is 0 Å². The van der Waals surface area contributed by atoms with Crippen molar-refractivity contribution in [2.24, 2.45) is 7.05 Å². The highest BCUT2D eigenvalue weighted by Gasteiger charge is 2.10. The van der Waals surface area contributed by atoms with Crippen LogP contribution in [-0.4, -0.2) is 25.9 Å². The second kappa shape index (κ2) is 3.99. The van der Waals surface area contributed by atoms with Crippen LogP contribution < -0.4 is 5.32 Å². The zero-order valence-corrected chi connectivity index (χ0v) is 9.71. The second-order valence-corrected chi connectivity index (χ2v) is 4.01. The zero-order chi connectivity index (χ0) is 12.5. The molecule has 0 bridgehead atoms. The molecule has 6 heteroatoms. The lowest BCUT2D eigenvalue weighted by molar-refractivity contribution is 0.102. The minimum absolute atomic E-state index is 0.266. The summed E-state index contributed by atoms with van der Waals surface area (Å²) in [6, 6.07) is 7.61. The first-order valence-electron chi connectivity index (χ1n) is 5.47. The molecule has 90 valence electrons. The number of H-pyrrole nitrogens is 1. The lowest BCUT2D eigenvalue weighted by Crippen LogP contribution is -2.12. The maximum absolute atomic E-state index is 11.9. The van der Waals surface area contributed by atoms with Gasteiger partial charge in [0.25, 0.3) is 5.91 Å². The van der Waals surface area contributed by atoms with Crippen molar-refractivity contribution in [2.75, 3.05) is 5.32 Å². The molecule has 0 fully saturated rings. The number of benzene rings is 1. The van der Waals surface area contributed by atoms with Gasteiger partial charge in [-0.25, -0.2) is 0 Å². The number of aryl methyl sites for hydroxylation is 1. The summed E-state index contributed by atoms with van der Waals surface area (Å²) < 4.78 is 1.49. The highest BCUT2D eigenvalue weighted by molar-refractivity contribution is 6.03. The van der Waals surface area contributed by atoms with Crippen molar-refractivity contribution in [1.29, 1.82) is 0 Å². The first-order chi connectivity index (χ1) is 8.72. The van der Waals surface area contributed by atoms with E-state index in [9.17, 15) is 4.79 Å². The molecule has 3 rings (SSSR count). The fraction of sp³-hybridized carbons (Fsp3) is 0.0833. The van der Waals surface area contributed by atoms with E-state index in [2.05, 4.69) is 20.6 Å². The van der Waals surface area contributed by atoms with Crippen molar-refractivity contribution < 1.29 is 4.79 Å². The van der Waals surface area contributed by atoms with E-state index in [0.717, 1.165) is 16.6 Å². The minimum Gasteiger partial charge on any atom is -0.361 e. The van der Waals surface area contributed by atoms with Crippen molar-refractivity contribution in [2.45, 2.75) is 0 Å². The predicted octanol–water partition coefficient (Wildman–Crippen LogP) is 1.55. The molecule has 6 nitrogen and oxygen atoms in total. The Morgan fingerprint density at radius 3 is 3.06 bits per heavy atom. The van der Waals surface area contributed by atoms with Gasteiger partial charge in [0.15, 0.2) is 5.69 Å². The van der Waals surface area contributed by atoms with E-state index in [0.29, 0.717) is 5.69 Å². The van der Waals surface area contributed by atoms with E-state index in [-0.39, 0.29) is 5.91 Å². The average molecular weight is 241 g/mol. The number of hydrogen-bond donors (Lipinski definition) is 2. The van der Waals surface area contributed by atoms with Gasteiger partial charge >= 0.3 is 0 Å². The third kappa shape index (κ3) is 1.84. The van der Waals surface area contributed by atoms with Gasteiger partial charge in [-0.3, -0.25) is 9.48 Å². The normalized spacial score (nSPS) is 10.7. The van der Waals surface area contributed by atoms with Gasteiger partial charge < -0.3 is 10.3 Å². The molecule has 2 N–H and O–H groups in total. The number of rotatable bonds is 2. The standard InChI is InChI=1S/C12H11N5O/c1-17-7-11(15-16-17)12(18)14-9-2-3-10-8(6-9)4-5-13-10/h2-7,13H,1H3,(H,14,18). The third-order valence-electron chi connectivity index (χ3n) is 2.65. The van der Waals surface area contributed by atoms with Gasteiger partial charge in [-0.2, -0.15) is 0 Å². The number of nitrogens with zero attached hydrogens (tertiary/aromatic N) is 3. The van der Waals surface area contributed by atoms with Crippen LogP contribution in [0.1, 0.15) is 10.5 Å². The van der Waals surface area contributed by atoms with Crippen LogP contribution in [0.5, 0.6) is 0 Å². The summed E-state index contributed by atoms with van der Waals surface area (Å²) in [5.41, 5.74) is 2.07. The summed E-state index contributed by atoms with van der Waals surface area (Å²) in [4.78, 5) is 15.0. The Morgan fingerprint density at radius 1 is 1.39 bits per heavy atom. The van der Waals surface area contributed by atoms with Crippen LogP contribution in [0, 0.1) is 0 Å². The molecule has 0 aliphatic heterocycles. The van der Waals surface area contributed by atoms with Gasteiger partial charge in [0.2, 0.25) is 0 Å². The van der Waals surface area contributed by atoms with E-state index < -0.39 is 0 Å². The molecule has 0 radical (unpaired) electrons. The Morgan fingerprint density at radius 2 is 2.28 bits per heavy atom. The molecule has 2 heterocycles. The molecule has 0 unspecified atom stereocenters. The molecule has 0 spiro atoms. The minimum atomic E-state index is -0.266. The molecule has 0 aliphatic carbocycles. The highest BCUT2D eigenvalue weighted by atomic mass is 16.2. The lowest BCUT2D eigenvalue weighted by atomic mass is 10.2. The number of amides is 1. The van der Waals surface area contributed by atoms with Crippen LogP contribution in [0.25, 0.3) is 10.9 Å². The molecule has 1 amide bonds. The van der Waals surface area contributed by atoms with E-state index in [1.165, 1.54) is 4.68 Å². The Balaban J connectivity index is 1.85. The summed E-state index contributed by atoms with van der Waals surface area (Å²) in [5.74, 6) is -0.266. The van der Waals surface area contributed by atoms with Gasteiger partial charge in [0.1, 0.15) is 0 Å². The number of nitrogens with one attached hydrogen (secondary N) is 2. The highest BCUT2D eigenvalue weighted by Crippen LogP contribution is 2.18. The van der Waals surface area contributed by atoms with Gasteiger partial charge in [-0.1, -0.05) is 5.21 Å². The van der Waals surface area contributed by atoms with Crippen molar-refractivity contribution in [3.05, 3.63) is 42.4 Å². The number of anilines is 1. The van der Waals surface area contributed by atoms with Gasteiger partial charge in [-0.05, 0) is 24.3 Å². The molecule has 3 aromatic rings. The van der Waals surface area contributed by atoms with Gasteiger partial charge in [0, 0.05) is 29.8 Å². The fourth-order valence-corrected chi connectivity index (χ4v) is 1.78. The lowest BCUT2D eigenvalue weighted by Gasteiger charge is -2.02. The van der Waals surface area contributed by atoms with E-state index in [1.54, 1.807) is 13.2 Å². The number of aromatic amines is 1. The second-order valence-electron chi connectivity index (χ2n) is 4.01. The van der Waals surface area contributed by atoms with Crippen LogP contribution in [0.2, 0.25) is 0 Å². The molecule has 18 heavy (non-hydrogen) atoms.